The second-order valence-corrected chi connectivity index (χ2v) is 9.71. The number of benzene rings is 1. The summed E-state index contributed by atoms with van der Waals surface area (Å²) in [6.45, 7) is 4.73. The van der Waals surface area contributed by atoms with Gasteiger partial charge < -0.3 is 14.6 Å². The normalized spacial score (nSPS) is 17.7. The fourth-order valence-electron chi connectivity index (χ4n) is 4.89. The summed E-state index contributed by atoms with van der Waals surface area (Å²) in [6.07, 6.45) is 13.5. The Kier molecular flexibility index (Phi) is 7.63. The SMILES string of the molecule is CC(C)C[C@H](NC(=O)c1ccc2occc2c1)C(=O)N(CC1=NC=CCC1)C1CCCCC1. The third-order valence-electron chi connectivity index (χ3n) is 6.64. The first-order valence-electron chi connectivity index (χ1n) is 12.3. The minimum atomic E-state index is -0.556. The molecule has 1 aromatic carbocycles. The zero-order chi connectivity index (χ0) is 23.2. The highest BCUT2D eigenvalue weighted by Crippen LogP contribution is 2.25. The molecule has 2 aliphatic rings. The summed E-state index contributed by atoms with van der Waals surface area (Å²) in [5.41, 5.74) is 2.33. The molecule has 2 aromatic rings. The molecule has 2 amide bonds. The number of nitrogens with zero attached hydrogens (tertiary/aromatic N) is 2. The minimum Gasteiger partial charge on any atom is -0.464 e. The molecule has 0 unspecified atom stereocenters. The van der Waals surface area contributed by atoms with Crippen LogP contribution in [0.3, 0.4) is 0 Å². The van der Waals surface area contributed by atoms with Crippen molar-refractivity contribution in [1.82, 2.24) is 10.2 Å². The van der Waals surface area contributed by atoms with Gasteiger partial charge in [-0.3, -0.25) is 14.6 Å². The van der Waals surface area contributed by atoms with Gasteiger partial charge in [0.1, 0.15) is 11.6 Å². The molecule has 33 heavy (non-hydrogen) atoms. The molecule has 1 aliphatic heterocycles. The van der Waals surface area contributed by atoms with Crippen molar-refractivity contribution in [2.45, 2.75) is 77.3 Å². The van der Waals surface area contributed by atoms with E-state index in [0.717, 1.165) is 55.2 Å². The number of rotatable bonds is 8. The number of carbonyl (C=O) groups is 2. The summed E-state index contributed by atoms with van der Waals surface area (Å²) in [7, 11) is 0. The average Bonchev–Trinajstić information content (AvgIpc) is 3.30. The van der Waals surface area contributed by atoms with Crippen molar-refractivity contribution in [2.75, 3.05) is 6.54 Å². The summed E-state index contributed by atoms with van der Waals surface area (Å²) < 4.78 is 5.39. The highest BCUT2D eigenvalue weighted by molar-refractivity contribution is 6.00. The highest BCUT2D eigenvalue weighted by atomic mass is 16.3. The molecule has 4 rings (SSSR count). The molecule has 1 saturated carbocycles. The van der Waals surface area contributed by atoms with E-state index < -0.39 is 6.04 Å². The Morgan fingerprint density at radius 2 is 2.00 bits per heavy atom. The largest absolute Gasteiger partial charge is 0.464 e. The van der Waals surface area contributed by atoms with Crippen LogP contribution in [0.2, 0.25) is 0 Å². The third kappa shape index (κ3) is 5.92. The molecule has 6 heteroatoms. The molecule has 1 aliphatic carbocycles. The van der Waals surface area contributed by atoms with Crippen LogP contribution in [0.5, 0.6) is 0 Å². The first-order chi connectivity index (χ1) is 16.0. The molecule has 1 aromatic heterocycles. The maximum atomic E-state index is 13.9. The maximum absolute atomic E-state index is 13.9. The molecule has 2 heterocycles. The van der Waals surface area contributed by atoms with E-state index in [1.807, 2.05) is 23.2 Å². The smallest absolute Gasteiger partial charge is 0.251 e. The first-order valence-corrected chi connectivity index (χ1v) is 12.3. The lowest BCUT2D eigenvalue weighted by molar-refractivity contribution is -0.135. The molecule has 6 nitrogen and oxygen atoms in total. The fraction of sp³-hybridized carbons (Fsp3) is 0.519. The lowest BCUT2D eigenvalue weighted by atomic mass is 9.92. The van der Waals surface area contributed by atoms with Crippen LogP contribution in [-0.4, -0.2) is 41.1 Å². The predicted octanol–water partition coefficient (Wildman–Crippen LogP) is 5.49. The van der Waals surface area contributed by atoms with Crippen molar-refractivity contribution in [2.24, 2.45) is 10.9 Å². The quantitative estimate of drug-likeness (QED) is 0.579. The van der Waals surface area contributed by atoms with Crippen LogP contribution in [-0.2, 0) is 4.79 Å². The highest BCUT2D eigenvalue weighted by Gasteiger charge is 2.33. The summed E-state index contributed by atoms with van der Waals surface area (Å²) >= 11 is 0. The van der Waals surface area contributed by atoms with Crippen LogP contribution in [0.25, 0.3) is 11.0 Å². The van der Waals surface area contributed by atoms with Crippen LogP contribution >= 0.6 is 0 Å². The zero-order valence-electron chi connectivity index (χ0n) is 19.8. The van der Waals surface area contributed by atoms with E-state index in [2.05, 4.69) is 30.2 Å². The van der Waals surface area contributed by atoms with Gasteiger partial charge in [0.25, 0.3) is 5.91 Å². The van der Waals surface area contributed by atoms with Crippen molar-refractivity contribution in [3.63, 3.8) is 0 Å². The van der Waals surface area contributed by atoms with Gasteiger partial charge in [0, 0.05) is 28.9 Å². The van der Waals surface area contributed by atoms with E-state index in [9.17, 15) is 9.59 Å². The molecule has 0 bridgehead atoms. The Balaban J connectivity index is 1.55. The molecule has 0 saturated heterocycles. The summed E-state index contributed by atoms with van der Waals surface area (Å²) in [5.74, 6) is 0.0722. The summed E-state index contributed by atoms with van der Waals surface area (Å²) in [5, 5.41) is 3.94. The van der Waals surface area contributed by atoms with Crippen molar-refractivity contribution < 1.29 is 14.0 Å². The molecule has 176 valence electrons. The standard InChI is InChI=1S/C27H35N3O3/c1-19(2)16-24(29-26(31)21-11-12-25-20(17-21)13-15-33-25)27(32)30(23-9-4-3-5-10-23)18-22-8-6-7-14-28-22/h7,11-15,17,19,23-24H,3-6,8-10,16,18H2,1-2H3,(H,29,31)/t24-/m0/s1. The van der Waals surface area contributed by atoms with Gasteiger partial charge in [-0.2, -0.15) is 0 Å². The van der Waals surface area contributed by atoms with Crippen LogP contribution in [0, 0.1) is 5.92 Å². The van der Waals surface area contributed by atoms with Crippen molar-refractivity contribution in [1.29, 1.82) is 0 Å². The van der Waals surface area contributed by atoms with Gasteiger partial charge in [-0.15, -0.1) is 0 Å². The number of nitrogens with one attached hydrogen (secondary N) is 1. The van der Waals surface area contributed by atoms with Crippen molar-refractivity contribution in [3.8, 4) is 0 Å². The number of aliphatic imine (C=N–C) groups is 1. The van der Waals surface area contributed by atoms with Crippen LogP contribution in [0.4, 0.5) is 0 Å². The van der Waals surface area contributed by atoms with Gasteiger partial charge in [-0.1, -0.05) is 39.2 Å². The predicted molar refractivity (Wildman–Crippen MR) is 131 cm³/mol. The Bertz CT molecular complexity index is 1030. The molecule has 0 spiro atoms. The van der Waals surface area contributed by atoms with Gasteiger partial charge in [0.05, 0.1) is 12.8 Å². The number of fused-ring (bicyclic) bond motifs is 1. The molecule has 0 radical (unpaired) electrons. The van der Waals surface area contributed by atoms with E-state index in [4.69, 9.17) is 4.42 Å². The molecular weight excluding hydrogens is 414 g/mol. The summed E-state index contributed by atoms with van der Waals surface area (Å²) in [6, 6.07) is 6.86. The zero-order valence-corrected chi connectivity index (χ0v) is 19.8. The summed E-state index contributed by atoms with van der Waals surface area (Å²) in [4.78, 5) is 33.6. The average molecular weight is 450 g/mol. The van der Waals surface area contributed by atoms with Gasteiger partial charge in [0.2, 0.25) is 5.91 Å². The lowest BCUT2D eigenvalue weighted by Gasteiger charge is -2.37. The Labute approximate surface area is 196 Å². The number of hydrogen-bond acceptors (Lipinski definition) is 4. The molecule has 1 fully saturated rings. The second kappa shape index (κ2) is 10.8. The fourth-order valence-corrected chi connectivity index (χ4v) is 4.89. The Morgan fingerprint density at radius 1 is 1.18 bits per heavy atom. The minimum absolute atomic E-state index is 0.0191. The lowest BCUT2D eigenvalue weighted by Crippen LogP contribution is -2.54. The Morgan fingerprint density at radius 3 is 2.73 bits per heavy atom. The molecule has 1 atom stereocenters. The van der Waals surface area contributed by atoms with Gasteiger partial charge in [-0.05, 0) is 62.3 Å². The number of furan rings is 1. The van der Waals surface area contributed by atoms with E-state index in [0.29, 0.717) is 18.5 Å². The Hall–Kier alpha value is -2.89. The van der Waals surface area contributed by atoms with Crippen LogP contribution < -0.4 is 5.32 Å². The monoisotopic (exact) mass is 449 g/mol. The number of allylic oxidation sites excluding steroid dienone is 1. The first kappa shape index (κ1) is 23.3. The van der Waals surface area contributed by atoms with E-state index in [1.165, 1.54) is 6.42 Å². The number of carbonyl (C=O) groups excluding carboxylic acids is 2. The van der Waals surface area contributed by atoms with Gasteiger partial charge in [-0.25, -0.2) is 0 Å². The van der Waals surface area contributed by atoms with Crippen LogP contribution in [0.15, 0.2) is 52.2 Å². The van der Waals surface area contributed by atoms with Crippen molar-refractivity contribution >= 4 is 28.5 Å². The van der Waals surface area contributed by atoms with Gasteiger partial charge in [0.15, 0.2) is 0 Å². The van der Waals surface area contributed by atoms with E-state index >= 15 is 0 Å². The number of amides is 2. The molecular formula is C27H35N3O3. The van der Waals surface area contributed by atoms with Gasteiger partial charge >= 0.3 is 0 Å². The van der Waals surface area contributed by atoms with E-state index in [1.54, 1.807) is 18.4 Å². The number of hydrogen-bond donors (Lipinski definition) is 1. The van der Waals surface area contributed by atoms with Crippen molar-refractivity contribution in [3.05, 3.63) is 48.4 Å². The maximum Gasteiger partial charge on any atom is 0.251 e. The van der Waals surface area contributed by atoms with Crippen LogP contribution in [0.1, 0.15) is 75.6 Å². The van der Waals surface area contributed by atoms with E-state index in [-0.39, 0.29) is 23.8 Å². The topological polar surface area (TPSA) is 74.9 Å². The second-order valence-electron chi connectivity index (χ2n) is 9.71. The third-order valence-corrected chi connectivity index (χ3v) is 6.64. The molecule has 1 N–H and O–H groups in total.